The molecule has 0 saturated carbocycles. The zero-order valence-corrected chi connectivity index (χ0v) is 20.3. The second kappa shape index (κ2) is 13.6. The average molecular weight is 483 g/mol. The van der Waals surface area contributed by atoms with Crippen molar-refractivity contribution >= 4 is 23.2 Å². The van der Waals surface area contributed by atoms with Crippen molar-refractivity contribution in [2.24, 2.45) is 0 Å². The van der Waals surface area contributed by atoms with Gasteiger partial charge in [0.25, 0.3) is 0 Å². The Hall–Kier alpha value is -3.03. The van der Waals surface area contributed by atoms with Crippen LogP contribution in [0.5, 0.6) is 0 Å². The van der Waals surface area contributed by atoms with Gasteiger partial charge in [-0.05, 0) is 48.1 Å². The number of ether oxygens (including phenoxy) is 1. The average Bonchev–Trinajstić information content (AvgIpc) is 3.36. The van der Waals surface area contributed by atoms with Gasteiger partial charge in [-0.25, -0.2) is 4.39 Å². The highest BCUT2D eigenvalue weighted by atomic mass is 32.1. The number of hydrogen-bond donors (Lipinski definition) is 0. The molecule has 1 heterocycles. The first-order valence-electron chi connectivity index (χ1n) is 11.5. The van der Waals surface area contributed by atoms with Gasteiger partial charge in [-0.15, -0.1) is 11.3 Å². The Kier molecular flexibility index (Phi) is 10.3. The van der Waals surface area contributed by atoms with Crippen molar-refractivity contribution in [2.75, 3.05) is 26.3 Å². The molecule has 2 aromatic carbocycles. The molecule has 0 radical (unpaired) electrons. The summed E-state index contributed by atoms with van der Waals surface area (Å²) in [5.41, 5.74) is 1.75. The standard InChI is InChI=1S/C27H31FN2O3S/c1-2-33-16-7-15-29(26(31)18-22-11-13-24(28)14-12-22)21-27(32)30(20-25-10-6-17-34-25)19-23-8-4-3-5-9-23/h3-6,8-14,17H,2,7,15-16,18-21H2,1H3. The monoisotopic (exact) mass is 482 g/mol. The number of amides is 2. The predicted octanol–water partition coefficient (Wildman–Crippen LogP) is 4.91. The Morgan fingerprint density at radius 1 is 0.882 bits per heavy atom. The number of benzene rings is 2. The first-order chi connectivity index (χ1) is 16.5. The van der Waals surface area contributed by atoms with Crippen LogP contribution >= 0.6 is 11.3 Å². The largest absolute Gasteiger partial charge is 0.382 e. The zero-order valence-electron chi connectivity index (χ0n) is 19.5. The van der Waals surface area contributed by atoms with Crippen LogP contribution in [0.15, 0.2) is 72.1 Å². The van der Waals surface area contributed by atoms with E-state index in [0.717, 1.165) is 10.4 Å². The van der Waals surface area contributed by atoms with E-state index in [1.165, 1.54) is 12.1 Å². The molecule has 0 spiro atoms. The summed E-state index contributed by atoms with van der Waals surface area (Å²) in [7, 11) is 0. The van der Waals surface area contributed by atoms with Crippen LogP contribution in [0.2, 0.25) is 0 Å². The summed E-state index contributed by atoms with van der Waals surface area (Å²) >= 11 is 1.61. The molecule has 0 N–H and O–H groups in total. The number of rotatable bonds is 13. The van der Waals surface area contributed by atoms with Crippen LogP contribution in [0.3, 0.4) is 0 Å². The zero-order chi connectivity index (χ0) is 24.2. The molecule has 7 heteroatoms. The summed E-state index contributed by atoms with van der Waals surface area (Å²) in [6.45, 7) is 4.42. The Labute approximate surface area is 204 Å². The van der Waals surface area contributed by atoms with Crippen molar-refractivity contribution in [1.82, 2.24) is 9.80 Å². The van der Waals surface area contributed by atoms with Crippen LogP contribution in [-0.2, 0) is 33.8 Å². The number of thiophene rings is 1. The second-order valence-corrected chi connectivity index (χ2v) is 9.02. The maximum atomic E-state index is 13.4. The summed E-state index contributed by atoms with van der Waals surface area (Å²) in [5, 5.41) is 1.99. The van der Waals surface area contributed by atoms with Gasteiger partial charge in [-0.1, -0.05) is 48.5 Å². The summed E-state index contributed by atoms with van der Waals surface area (Å²) < 4.78 is 18.7. The first kappa shape index (κ1) is 25.6. The van der Waals surface area contributed by atoms with Crippen molar-refractivity contribution in [2.45, 2.75) is 32.9 Å². The minimum Gasteiger partial charge on any atom is -0.382 e. The van der Waals surface area contributed by atoms with E-state index in [1.54, 1.807) is 33.3 Å². The Morgan fingerprint density at radius 2 is 1.65 bits per heavy atom. The van der Waals surface area contributed by atoms with E-state index in [-0.39, 0.29) is 30.6 Å². The van der Waals surface area contributed by atoms with Gasteiger partial charge < -0.3 is 14.5 Å². The van der Waals surface area contributed by atoms with Crippen molar-refractivity contribution in [3.8, 4) is 0 Å². The van der Waals surface area contributed by atoms with E-state index < -0.39 is 0 Å². The van der Waals surface area contributed by atoms with Gasteiger partial charge in [0, 0.05) is 31.2 Å². The van der Waals surface area contributed by atoms with E-state index in [0.29, 0.717) is 44.8 Å². The number of halogens is 1. The molecule has 1 aromatic heterocycles. The molecule has 3 aromatic rings. The minimum absolute atomic E-state index is 0.00956. The fourth-order valence-corrected chi connectivity index (χ4v) is 4.29. The molecule has 0 fully saturated rings. The van der Waals surface area contributed by atoms with Gasteiger partial charge in [0.05, 0.1) is 19.5 Å². The summed E-state index contributed by atoms with van der Waals surface area (Å²) in [4.78, 5) is 31.0. The van der Waals surface area contributed by atoms with Crippen LogP contribution < -0.4 is 0 Å². The molecule has 34 heavy (non-hydrogen) atoms. The van der Waals surface area contributed by atoms with E-state index >= 15 is 0 Å². The predicted molar refractivity (Wildman–Crippen MR) is 133 cm³/mol. The van der Waals surface area contributed by atoms with Crippen LogP contribution in [0, 0.1) is 5.82 Å². The van der Waals surface area contributed by atoms with Crippen LogP contribution in [-0.4, -0.2) is 47.9 Å². The van der Waals surface area contributed by atoms with Gasteiger partial charge >= 0.3 is 0 Å². The topological polar surface area (TPSA) is 49.9 Å². The maximum absolute atomic E-state index is 13.4. The number of hydrogen-bond acceptors (Lipinski definition) is 4. The van der Waals surface area contributed by atoms with Gasteiger partial charge in [-0.2, -0.15) is 0 Å². The molecule has 0 aliphatic rings. The third-order valence-electron chi connectivity index (χ3n) is 5.36. The molecule has 0 aliphatic carbocycles. The molecular weight excluding hydrogens is 451 g/mol. The lowest BCUT2D eigenvalue weighted by molar-refractivity contribution is -0.141. The van der Waals surface area contributed by atoms with Gasteiger partial charge in [-0.3, -0.25) is 9.59 Å². The normalized spacial score (nSPS) is 10.8. The fraction of sp³-hybridized carbons (Fsp3) is 0.333. The number of nitrogens with zero attached hydrogens (tertiary/aromatic N) is 2. The molecule has 180 valence electrons. The van der Waals surface area contributed by atoms with E-state index in [1.807, 2.05) is 54.8 Å². The van der Waals surface area contributed by atoms with Crippen LogP contribution in [0.1, 0.15) is 29.3 Å². The SMILES string of the molecule is CCOCCCN(CC(=O)N(Cc1ccccc1)Cc1cccs1)C(=O)Cc1ccc(F)cc1. The molecule has 5 nitrogen and oxygen atoms in total. The second-order valence-electron chi connectivity index (χ2n) is 7.98. The maximum Gasteiger partial charge on any atom is 0.242 e. The van der Waals surface area contributed by atoms with Gasteiger partial charge in [0.1, 0.15) is 5.82 Å². The summed E-state index contributed by atoms with van der Waals surface area (Å²) in [5.74, 6) is -0.613. The van der Waals surface area contributed by atoms with E-state index in [9.17, 15) is 14.0 Å². The third-order valence-corrected chi connectivity index (χ3v) is 6.23. The highest BCUT2D eigenvalue weighted by Gasteiger charge is 2.22. The molecule has 3 rings (SSSR count). The molecule has 2 amide bonds. The highest BCUT2D eigenvalue weighted by molar-refractivity contribution is 7.09. The van der Waals surface area contributed by atoms with Crippen molar-refractivity contribution in [1.29, 1.82) is 0 Å². The summed E-state index contributed by atoms with van der Waals surface area (Å²) in [6, 6.07) is 19.7. The lowest BCUT2D eigenvalue weighted by atomic mass is 10.1. The third kappa shape index (κ3) is 8.39. The molecular formula is C27H31FN2O3S. The number of carbonyl (C=O) groups excluding carboxylic acids is 2. The van der Waals surface area contributed by atoms with Crippen molar-refractivity contribution in [3.63, 3.8) is 0 Å². The van der Waals surface area contributed by atoms with E-state index in [2.05, 4.69) is 0 Å². The minimum atomic E-state index is -0.343. The molecule has 0 atom stereocenters. The lowest BCUT2D eigenvalue weighted by Crippen LogP contribution is -2.43. The fourth-order valence-electron chi connectivity index (χ4n) is 3.57. The van der Waals surface area contributed by atoms with Crippen molar-refractivity contribution < 1.29 is 18.7 Å². The Morgan fingerprint density at radius 3 is 2.32 bits per heavy atom. The molecule has 0 bridgehead atoms. The lowest BCUT2D eigenvalue weighted by Gasteiger charge is -2.28. The molecule has 0 unspecified atom stereocenters. The molecule has 0 aliphatic heterocycles. The van der Waals surface area contributed by atoms with Crippen molar-refractivity contribution in [3.05, 3.63) is 93.9 Å². The van der Waals surface area contributed by atoms with Crippen LogP contribution in [0.4, 0.5) is 4.39 Å². The van der Waals surface area contributed by atoms with E-state index in [4.69, 9.17) is 4.74 Å². The first-order valence-corrected chi connectivity index (χ1v) is 12.4. The highest BCUT2D eigenvalue weighted by Crippen LogP contribution is 2.16. The van der Waals surface area contributed by atoms with Gasteiger partial charge in [0.2, 0.25) is 11.8 Å². The quantitative estimate of drug-likeness (QED) is 0.325. The molecule has 0 saturated heterocycles. The summed E-state index contributed by atoms with van der Waals surface area (Å²) in [6.07, 6.45) is 0.756. The van der Waals surface area contributed by atoms with Gasteiger partial charge in [0.15, 0.2) is 0 Å². The number of carbonyl (C=O) groups is 2. The Bertz CT molecular complexity index is 1010. The van der Waals surface area contributed by atoms with Crippen LogP contribution in [0.25, 0.3) is 0 Å². The smallest absolute Gasteiger partial charge is 0.242 e. The Balaban J connectivity index is 1.72.